The molecular weight excluding hydrogens is 597 g/mol. The Balaban J connectivity index is 1.53. The van der Waals surface area contributed by atoms with Gasteiger partial charge < -0.3 is 34.7 Å². The van der Waals surface area contributed by atoms with Gasteiger partial charge in [0.2, 0.25) is 23.6 Å². The topological polar surface area (TPSA) is 239 Å². The summed E-state index contributed by atoms with van der Waals surface area (Å²) in [4.78, 5) is 48.4. The Labute approximate surface area is 244 Å². The van der Waals surface area contributed by atoms with Gasteiger partial charge in [-0.1, -0.05) is 11.4 Å². The van der Waals surface area contributed by atoms with Gasteiger partial charge in [0.25, 0.3) is 0 Å². The Morgan fingerprint density at radius 3 is 2.71 bits per heavy atom. The van der Waals surface area contributed by atoms with Crippen molar-refractivity contribution in [3.8, 4) is 5.88 Å². The zero-order valence-corrected chi connectivity index (χ0v) is 25.3. The summed E-state index contributed by atoms with van der Waals surface area (Å²) in [6.07, 6.45) is -3.19. The lowest BCUT2D eigenvalue weighted by molar-refractivity contribution is -0.149. The van der Waals surface area contributed by atoms with Gasteiger partial charge in [-0.3, -0.25) is 28.8 Å². The summed E-state index contributed by atoms with van der Waals surface area (Å²) in [7, 11) is 1.38. The number of imide groups is 1. The van der Waals surface area contributed by atoms with Gasteiger partial charge in [0.1, 0.15) is 23.9 Å². The lowest BCUT2D eigenvalue weighted by Crippen LogP contribution is -2.44. The lowest BCUT2D eigenvalue weighted by atomic mass is 9.96. The van der Waals surface area contributed by atoms with Crippen LogP contribution < -0.4 is 20.9 Å². The summed E-state index contributed by atoms with van der Waals surface area (Å²) in [5, 5.41) is 27.1. The fraction of sp³-hybridized carbons (Fsp3) is 0.652. The first-order chi connectivity index (χ1) is 19.6. The molecule has 19 heteroatoms. The second-order valence-electron chi connectivity index (χ2n) is 10.4. The summed E-state index contributed by atoms with van der Waals surface area (Å²) < 4.78 is 37.3. The highest BCUT2D eigenvalue weighted by atomic mass is 32.7. The van der Waals surface area contributed by atoms with Gasteiger partial charge in [0, 0.05) is 12.2 Å². The normalized spacial score (nSPS) is 28.2. The number of amides is 2. The number of hydrogen-bond acceptors (Lipinski definition) is 15. The number of esters is 1. The van der Waals surface area contributed by atoms with Crippen LogP contribution in [0.3, 0.4) is 0 Å². The maximum atomic E-state index is 13.9. The summed E-state index contributed by atoms with van der Waals surface area (Å²) in [5.74, 6) is -2.48. The zero-order valence-electron chi connectivity index (χ0n) is 23.5. The molecule has 2 unspecified atom stereocenters. The average molecular weight is 632 g/mol. The van der Waals surface area contributed by atoms with Gasteiger partial charge in [-0.2, -0.15) is 9.97 Å². The molecule has 2 aromatic heterocycles. The molecule has 0 aliphatic carbocycles. The summed E-state index contributed by atoms with van der Waals surface area (Å²) in [5.41, 5.74) is 4.29. The molecule has 7 atom stereocenters. The maximum absolute atomic E-state index is 13.9. The highest BCUT2D eigenvalue weighted by Gasteiger charge is 2.54. The number of carbonyl (C=O) groups is 3. The number of anilines is 1. The third-order valence-corrected chi connectivity index (χ3v) is 10.8. The molecule has 2 aliphatic rings. The minimum atomic E-state index is -4.00. The van der Waals surface area contributed by atoms with Crippen molar-refractivity contribution >= 4 is 53.0 Å². The van der Waals surface area contributed by atoms with E-state index in [1.807, 2.05) is 0 Å². The Kier molecular flexibility index (Phi) is 9.46. The molecule has 0 saturated carbocycles. The number of nitrogens with two attached hydrogens (primary N) is 1. The predicted octanol–water partition coefficient (Wildman–Crippen LogP) is -0.123. The smallest absolute Gasteiger partial charge is 0.327 e. The number of rotatable bonds is 12. The van der Waals surface area contributed by atoms with Crippen molar-refractivity contribution in [3.05, 3.63) is 6.33 Å². The van der Waals surface area contributed by atoms with Crippen LogP contribution in [0.5, 0.6) is 5.88 Å². The van der Waals surface area contributed by atoms with E-state index in [1.165, 1.54) is 31.9 Å². The van der Waals surface area contributed by atoms with E-state index < -0.39 is 73.2 Å². The fourth-order valence-corrected chi connectivity index (χ4v) is 8.46. The van der Waals surface area contributed by atoms with E-state index in [0.29, 0.717) is 0 Å². The number of fused-ring (bicyclic) bond motifs is 1. The van der Waals surface area contributed by atoms with Crippen molar-refractivity contribution < 1.29 is 47.9 Å². The van der Waals surface area contributed by atoms with Crippen molar-refractivity contribution in [1.29, 1.82) is 0 Å². The van der Waals surface area contributed by atoms with Crippen LogP contribution in [-0.2, 0) is 32.9 Å². The summed E-state index contributed by atoms with van der Waals surface area (Å²) in [6.45, 7) is 1.59. The lowest BCUT2D eigenvalue weighted by Gasteiger charge is -2.27. The Bertz CT molecular complexity index is 1410. The molecule has 2 fully saturated rings. The van der Waals surface area contributed by atoms with Gasteiger partial charge in [-0.15, -0.1) is 0 Å². The highest BCUT2D eigenvalue weighted by Crippen LogP contribution is 2.58. The molecule has 2 aliphatic heterocycles. The second kappa shape index (κ2) is 12.4. The van der Waals surface area contributed by atoms with E-state index in [9.17, 15) is 29.2 Å². The van der Waals surface area contributed by atoms with Crippen LogP contribution in [-0.4, -0.2) is 96.9 Å². The molecule has 2 saturated heterocycles. The molecule has 6 N–H and O–H groups in total. The van der Waals surface area contributed by atoms with Crippen molar-refractivity contribution in [2.45, 2.75) is 70.3 Å². The number of imidazole rings is 1. The molecular formula is C23H34N7O10PS. The minimum Gasteiger partial charge on any atom is -0.479 e. The quantitative estimate of drug-likeness (QED) is 0.116. The van der Waals surface area contributed by atoms with Crippen LogP contribution in [0.4, 0.5) is 5.95 Å². The molecule has 4 heterocycles. The molecule has 2 aromatic rings. The third kappa shape index (κ3) is 6.69. The van der Waals surface area contributed by atoms with Crippen LogP contribution in [0.2, 0.25) is 0 Å². The number of hydrogen-bond donors (Lipinski definition) is 5. The highest BCUT2D eigenvalue weighted by molar-refractivity contribution is 8.56. The van der Waals surface area contributed by atoms with Crippen LogP contribution in [0.1, 0.15) is 40.3 Å². The summed E-state index contributed by atoms with van der Waals surface area (Å²) in [6, 6.07) is -1.08. The van der Waals surface area contributed by atoms with Crippen molar-refractivity contribution in [1.82, 2.24) is 29.9 Å². The molecule has 17 nitrogen and oxygen atoms in total. The number of methoxy groups -OCH3 is 1. The zero-order chi connectivity index (χ0) is 31.0. The molecule has 0 bridgehead atoms. The fourth-order valence-electron chi connectivity index (χ4n) is 4.44. The number of nitrogens with zero attached hydrogens (tertiary/aromatic N) is 4. The van der Waals surface area contributed by atoms with Crippen LogP contribution >= 0.6 is 18.1 Å². The molecule has 0 spiro atoms. The minimum absolute atomic E-state index is 0.0633. The van der Waals surface area contributed by atoms with Gasteiger partial charge in [-0.25, -0.2) is 10.1 Å². The molecule has 0 radical (unpaired) electrons. The first-order valence-corrected chi connectivity index (χ1v) is 16.2. The molecule has 4 rings (SSSR count). The second-order valence-corrected chi connectivity index (χ2v) is 14.7. The number of aromatic nitrogens is 4. The first-order valence-electron chi connectivity index (χ1n) is 13.0. The summed E-state index contributed by atoms with van der Waals surface area (Å²) >= 11 is 0.724. The van der Waals surface area contributed by atoms with E-state index in [1.54, 1.807) is 13.8 Å². The van der Waals surface area contributed by atoms with Crippen LogP contribution in [0.15, 0.2) is 6.33 Å². The average Bonchev–Trinajstić information content (AvgIpc) is 3.53. The largest absolute Gasteiger partial charge is 0.479 e. The van der Waals surface area contributed by atoms with Crippen molar-refractivity contribution in [3.63, 3.8) is 0 Å². The number of aliphatic hydroxyl groups excluding tert-OH is 1. The maximum Gasteiger partial charge on any atom is 0.327 e. The first kappa shape index (κ1) is 32.1. The van der Waals surface area contributed by atoms with Gasteiger partial charge in [0.05, 0.1) is 32.1 Å². The predicted molar refractivity (Wildman–Crippen MR) is 148 cm³/mol. The number of carbonyl (C=O) groups excluding carboxylic acids is 3. The Morgan fingerprint density at radius 1 is 1.38 bits per heavy atom. The SMILES string of the molecule is COc1nc(N)nc2c1ncn2C1O[C@H](CO[P@@](=O)(N[C@@H](C)C(=O)OC(C)C)SCC2CC(=O)NC2=O)[C@@H](O)[C@@]1(C)O. The van der Waals surface area contributed by atoms with Crippen LogP contribution in [0, 0.1) is 5.92 Å². The van der Waals surface area contributed by atoms with Gasteiger partial charge >= 0.3 is 12.7 Å². The molecule has 42 heavy (non-hydrogen) atoms. The molecule has 232 valence electrons. The number of ether oxygens (including phenoxy) is 3. The number of aliphatic hydroxyl groups is 2. The Morgan fingerprint density at radius 2 is 2.10 bits per heavy atom. The van der Waals surface area contributed by atoms with Crippen molar-refractivity contribution in [2.75, 3.05) is 25.2 Å². The van der Waals surface area contributed by atoms with E-state index in [2.05, 4.69) is 25.4 Å². The van der Waals surface area contributed by atoms with E-state index >= 15 is 0 Å². The van der Waals surface area contributed by atoms with E-state index in [-0.39, 0.29) is 35.2 Å². The monoisotopic (exact) mass is 631 g/mol. The standard InChI is InChI=1S/C23H34N7O10PS/c1-10(2)39-20(34)11(3)29-41(36,42-8-12-6-14(31)26-18(12)33)38-7-13-16(32)23(4,35)21(40-13)30-9-25-15-17(30)27-22(24)28-19(15)37-5/h9-13,16,21,32,35H,6-8H2,1-5H3,(H,29,36)(H2,24,27,28)(H,26,31,33)/t11-,12?,13+,16+,21?,23+,41-/m0/s1. The van der Waals surface area contributed by atoms with Crippen molar-refractivity contribution in [2.24, 2.45) is 5.92 Å². The molecule has 2 amide bonds. The van der Waals surface area contributed by atoms with Crippen LogP contribution in [0.25, 0.3) is 11.2 Å². The number of nitrogen functional groups attached to an aromatic ring is 1. The van der Waals surface area contributed by atoms with E-state index in [0.717, 1.165) is 11.4 Å². The van der Waals surface area contributed by atoms with Gasteiger partial charge in [-0.05, 0) is 27.7 Å². The third-order valence-electron chi connectivity index (χ3n) is 6.58. The Hall–Kier alpha value is -2.86. The van der Waals surface area contributed by atoms with E-state index in [4.69, 9.17) is 24.5 Å². The van der Waals surface area contributed by atoms with Gasteiger partial charge in [0.15, 0.2) is 17.4 Å². The number of nitrogens with one attached hydrogen (secondary N) is 2. The molecule has 0 aromatic carbocycles.